The second-order valence-electron chi connectivity index (χ2n) is 11.8. The van der Waals surface area contributed by atoms with Gasteiger partial charge in [0.1, 0.15) is 18.0 Å². The van der Waals surface area contributed by atoms with E-state index in [1.807, 2.05) is 30.3 Å². The molecule has 15 nitrogen and oxygen atoms in total. The largest absolute Gasteiger partial charge is 0.469 e. The fraction of sp³-hybridized carbons (Fsp3) is 0.548. The number of nitrogens with zero attached hydrogens (tertiary/aromatic N) is 1. The minimum atomic E-state index is -5.01. The van der Waals surface area contributed by atoms with Gasteiger partial charge >= 0.3 is 7.82 Å². The van der Waals surface area contributed by atoms with Crippen molar-refractivity contribution in [2.45, 2.75) is 76.4 Å². The third-order valence-corrected chi connectivity index (χ3v) is 8.99. The van der Waals surface area contributed by atoms with Crippen molar-refractivity contribution < 1.29 is 47.6 Å². The van der Waals surface area contributed by atoms with Crippen molar-refractivity contribution in [3.63, 3.8) is 0 Å². The Morgan fingerprint density at radius 3 is 2.50 bits per heavy atom. The molecule has 1 fully saturated rings. The van der Waals surface area contributed by atoms with Crippen LogP contribution in [0.15, 0.2) is 30.3 Å². The zero-order chi connectivity index (χ0) is 35.4. The number of nitrogens with one attached hydrogen (secondary N) is 3. The van der Waals surface area contributed by atoms with Crippen molar-refractivity contribution in [2.24, 2.45) is 11.7 Å². The van der Waals surface area contributed by atoms with Gasteiger partial charge in [-0.15, -0.1) is 11.6 Å². The number of nitrogens with two attached hydrogens (primary N) is 1. The maximum absolute atomic E-state index is 13.9. The predicted octanol–water partition coefficient (Wildman–Crippen LogP) is 0.692. The molecule has 1 aliphatic carbocycles. The zero-order valence-corrected chi connectivity index (χ0v) is 28.3. The van der Waals surface area contributed by atoms with Gasteiger partial charge in [0.15, 0.2) is 5.78 Å². The topological polar surface area (TPSA) is 235 Å². The van der Waals surface area contributed by atoms with Crippen LogP contribution in [-0.4, -0.2) is 93.7 Å². The Labute approximate surface area is 283 Å². The number of fused-ring (bicyclic) bond motifs is 1. The molecule has 0 aromatic heterocycles. The number of hydrogen-bond donors (Lipinski definition) is 6. The average Bonchev–Trinajstić information content (AvgIpc) is 3.45. The molecule has 264 valence electrons. The van der Waals surface area contributed by atoms with Crippen molar-refractivity contribution in [3.05, 3.63) is 41.5 Å². The third-order valence-electron chi connectivity index (χ3n) is 8.27. The number of phosphoric acid groups is 1. The zero-order valence-electron chi connectivity index (χ0n) is 26.7. The van der Waals surface area contributed by atoms with Crippen LogP contribution in [0.1, 0.15) is 63.0 Å². The van der Waals surface area contributed by atoms with Gasteiger partial charge in [-0.05, 0) is 55.2 Å². The van der Waals surface area contributed by atoms with Crippen molar-refractivity contribution in [2.75, 3.05) is 25.6 Å². The third kappa shape index (κ3) is 11.8. The van der Waals surface area contributed by atoms with E-state index in [0.717, 1.165) is 16.7 Å². The average molecular weight is 712 g/mol. The quantitative estimate of drug-likeness (QED) is 0.0708. The van der Waals surface area contributed by atoms with Crippen molar-refractivity contribution in [1.82, 2.24) is 20.9 Å². The van der Waals surface area contributed by atoms with E-state index in [1.54, 1.807) is 0 Å². The Balaban J connectivity index is 1.84. The van der Waals surface area contributed by atoms with E-state index < -0.39 is 73.8 Å². The number of piperidine rings is 1. The first-order chi connectivity index (χ1) is 22.7. The van der Waals surface area contributed by atoms with E-state index in [-0.39, 0.29) is 38.1 Å². The number of carbonyl (C=O) groups excluding carboxylic acids is 6. The second kappa shape index (κ2) is 18.2. The number of carbonyl (C=O) groups is 6. The first-order valence-corrected chi connectivity index (χ1v) is 17.8. The molecule has 1 aromatic carbocycles. The molecule has 3 rings (SSSR count). The van der Waals surface area contributed by atoms with Crippen molar-refractivity contribution >= 4 is 60.3 Å². The van der Waals surface area contributed by atoms with Crippen LogP contribution in [0, 0.1) is 5.92 Å². The maximum Gasteiger partial charge on any atom is 0.469 e. The Kier molecular flexibility index (Phi) is 14.7. The lowest BCUT2D eigenvalue weighted by Gasteiger charge is -2.37. The van der Waals surface area contributed by atoms with Crippen molar-refractivity contribution in [3.8, 4) is 0 Å². The highest BCUT2D eigenvalue weighted by Crippen LogP contribution is 2.36. The van der Waals surface area contributed by atoms with Crippen LogP contribution in [0.4, 0.5) is 0 Å². The number of allylic oxidation sites excluding steroid dienone is 1. The van der Waals surface area contributed by atoms with Gasteiger partial charge in [-0.1, -0.05) is 30.3 Å². The molecule has 7 N–H and O–H groups in total. The highest BCUT2D eigenvalue weighted by Gasteiger charge is 2.39. The van der Waals surface area contributed by atoms with Crippen LogP contribution in [-0.2, 0) is 44.3 Å². The second-order valence-corrected chi connectivity index (χ2v) is 13.3. The number of likely N-dealkylation sites (tertiary alicyclic amines) is 1. The standard InChI is InChI=1S/C31H43ClN5O10P/c1-19(38)34-13-6-8-22(29(33)41)16-27(39)24(15-21-12-11-20-7-2-3-9-23(20)21)36-30(42)26-10-4-5-14-37(26)31(43)25(35-28(40)17-32)18-47-48(44,45)46/h2-3,7,9,12,22,24-26H,4-6,8,10-11,13-18H2,1H3,(H2,33,41)(H,34,38)(H,35,40)(H,36,42)(H2,44,45,46)/t22-,24+,25+,26+/m1/s1. The number of hydrogen-bond acceptors (Lipinski definition) is 8. The molecule has 1 saturated heterocycles. The van der Waals surface area contributed by atoms with Crippen LogP contribution < -0.4 is 21.7 Å². The molecule has 4 atom stereocenters. The lowest BCUT2D eigenvalue weighted by Crippen LogP contribution is -2.60. The van der Waals surface area contributed by atoms with Crippen LogP contribution in [0.5, 0.6) is 0 Å². The molecule has 0 spiro atoms. The Morgan fingerprint density at radius 2 is 1.83 bits per heavy atom. The van der Waals surface area contributed by atoms with E-state index in [0.29, 0.717) is 32.2 Å². The molecule has 0 saturated carbocycles. The number of primary amides is 1. The highest BCUT2D eigenvalue weighted by molar-refractivity contribution is 7.46. The van der Waals surface area contributed by atoms with Gasteiger partial charge in [-0.25, -0.2) is 4.57 Å². The summed E-state index contributed by atoms with van der Waals surface area (Å²) in [6.45, 7) is 0.886. The summed E-state index contributed by atoms with van der Waals surface area (Å²) in [5, 5.41) is 7.72. The number of rotatable bonds is 18. The summed E-state index contributed by atoms with van der Waals surface area (Å²) in [7, 11) is -5.01. The van der Waals surface area contributed by atoms with Gasteiger partial charge in [0.25, 0.3) is 0 Å². The monoisotopic (exact) mass is 711 g/mol. The Hall–Kier alpha value is -3.62. The number of benzene rings is 1. The SMILES string of the molecule is CC(=O)NCCC[C@H](CC(=O)[C@H](CC1=CCc2ccccc21)NC(=O)[C@@H]1CCCCN1C(=O)[C@H](COP(=O)(O)O)NC(=O)CCl)C(N)=O. The smallest absolute Gasteiger partial charge is 0.369 e. The summed E-state index contributed by atoms with van der Waals surface area (Å²) in [4.78, 5) is 96.4. The van der Waals surface area contributed by atoms with E-state index in [4.69, 9.17) is 17.3 Å². The molecule has 0 radical (unpaired) electrons. The molecule has 1 heterocycles. The first-order valence-electron chi connectivity index (χ1n) is 15.7. The summed E-state index contributed by atoms with van der Waals surface area (Å²) >= 11 is 5.57. The minimum absolute atomic E-state index is 0.0925. The minimum Gasteiger partial charge on any atom is -0.369 e. The summed E-state index contributed by atoms with van der Waals surface area (Å²) in [5.41, 5.74) is 8.46. The number of amides is 5. The van der Waals surface area contributed by atoms with Crippen LogP contribution in [0.25, 0.3) is 5.57 Å². The fourth-order valence-corrected chi connectivity index (χ4v) is 6.29. The summed E-state index contributed by atoms with van der Waals surface area (Å²) in [6.07, 6.45) is 4.41. The van der Waals surface area contributed by atoms with Gasteiger partial charge in [0, 0.05) is 38.8 Å². The van der Waals surface area contributed by atoms with Gasteiger partial charge < -0.3 is 36.4 Å². The Morgan fingerprint density at radius 1 is 1.10 bits per heavy atom. The van der Waals surface area contributed by atoms with Gasteiger partial charge in [0.05, 0.1) is 12.6 Å². The predicted molar refractivity (Wildman–Crippen MR) is 175 cm³/mol. The maximum atomic E-state index is 13.9. The summed E-state index contributed by atoms with van der Waals surface area (Å²) in [6, 6.07) is 3.93. The summed E-state index contributed by atoms with van der Waals surface area (Å²) < 4.78 is 15.8. The molecule has 0 unspecified atom stereocenters. The van der Waals surface area contributed by atoms with Gasteiger partial charge in [-0.2, -0.15) is 0 Å². The molecule has 17 heteroatoms. The Bertz CT molecular complexity index is 1450. The number of halogens is 1. The van der Waals surface area contributed by atoms with E-state index in [2.05, 4.69) is 20.5 Å². The van der Waals surface area contributed by atoms with E-state index in [9.17, 15) is 43.1 Å². The molecule has 5 amide bonds. The summed E-state index contributed by atoms with van der Waals surface area (Å²) in [5.74, 6) is -4.99. The lowest BCUT2D eigenvalue weighted by atomic mass is 9.89. The number of ketones is 1. The van der Waals surface area contributed by atoms with E-state index >= 15 is 0 Å². The molecule has 1 aliphatic heterocycles. The fourth-order valence-electron chi connectivity index (χ4n) is 5.87. The molecule has 0 bridgehead atoms. The molecular weight excluding hydrogens is 669 g/mol. The number of phosphoric ester groups is 1. The lowest BCUT2D eigenvalue weighted by molar-refractivity contribution is -0.146. The highest BCUT2D eigenvalue weighted by atomic mass is 35.5. The van der Waals surface area contributed by atoms with Crippen LogP contribution in [0.2, 0.25) is 0 Å². The molecule has 1 aromatic rings. The molecule has 48 heavy (non-hydrogen) atoms. The normalized spacial score (nSPS) is 17.7. The molecular formula is C31H43ClN5O10P. The van der Waals surface area contributed by atoms with Gasteiger partial charge in [-0.3, -0.25) is 33.3 Å². The molecule has 2 aliphatic rings. The van der Waals surface area contributed by atoms with Crippen LogP contribution in [0.3, 0.4) is 0 Å². The number of Topliss-reactive ketones (excluding diaryl/α,β-unsaturated/α-hetero) is 1. The van der Waals surface area contributed by atoms with E-state index in [1.165, 1.54) is 11.8 Å². The van der Waals surface area contributed by atoms with Crippen molar-refractivity contribution in [1.29, 1.82) is 0 Å². The van der Waals surface area contributed by atoms with Gasteiger partial charge in [0.2, 0.25) is 29.5 Å². The first kappa shape index (κ1) is 38.8. The number of alkyl halides is 1. The van der Waals surface area contributed by atoms with Crippen LogP contribution >= 0.6 is 19.4 Å².